The summed E-state index contributed by atoms with van der Waals surface area (Å²) in [5, 5.41) is 0. The lowest BCUT2D eigenvalue weighted by atomic mass is 10.2. The normalized spacial score (nSPS) is 22.8. The summed E-state index contributed by atoms with van der Waals surface area (Å²) >= 11 is 0. The van der Waals surface area contributed by atoms with Gasteiger partial charge in [0.1, 0.15) is 12.7 Å². The minimum absolute atomic E-state index is 0.285. The molecule has 23 heavy (non-hydrogen) atoms. The number of hydrogen-bond donors (Lipinski definition) is 0. The highest BCUT2D eigenvalue weighted by Crippen LogP contribution is 2.31. The van der Waals surface area contributed by atoms with E-state index in [4.69, 9.17) is 9.47 Å². The summed E-state index contributed by atoms with van der Waals surface area (Å²) in [4.78, 5) is 0. The van der Waals surface area contributed by atoms with Crippen molar-refractivity contribution >= 4 is 10.2 Å². The molecule has 1 aromatic carbocycles. The molecule has 2 aliphatic rings. The second-order valence-corrected chi connectivity index (χ2v) is 8.13. The summed E-state index contributed by atoms with van der Waals surface area (Å²) in [6, 6.07) is 7.45. The van der Waals surface area contributed by atoms with E-state index in [0.717, 1.165) is 25.7 Å². The molecule has 2 aliphatic heterocycles. The summed E-state index contributed by atoms with van der Waals surface area (Å²) in [6.07, 6.45) is 3.78. The van der Waals surface area contributed by atoms with E-state index in [2.05, 4.69) is 0 Å². The minimum atomic E-state index is -3.43. The molecule has 0 bridgehead atoms. The van der Waals surface area contributed by atoms with Gasteiger partial charge in [-0.05, 0) is 25.0 Å². The number of hydrogen-bond acceptors (Lipinski definition) is 4. The zero-order valence-electron chi connectivity index (χ0n) is 13.5. The molecule has 1 atom stereocenters. The van der Waals surface area contributed by atoms with Crippen LogP contribution in [-0.4, -0.2) is 56.4 Å². The van der Waals surface area contributed by atoms with Crippen molar-refractivity contribution in [2.75, 3.05) is 33.3 Å². The molecule has 0 unspecified atom stereocenters. The van der Waals surface area contributed by atoms with Gasteiger partial charge in [-0.15, -0.1) is 0 Å². The van der Waals surface area contributed by atoms with Crippen LogP contribution in [0.15, 0.2) is 24.3 Å². The Morgan fingerprint density at radius 1 is 1.13 bits per heavy atom. The van der Waals surface area contributed by atoms with Crippen LogP contribution >= 0.6 is 0 Å². The summed E-state index contributed by atoms with van der Waals surface area (Å²) < 4.78 is 39.9. The molecule has 6 nitrogen and oxygen atoms in total. The predicted molar refractivity (Wildman–Crippen MR) is 87.9 cm³/mol. The SMILES string of the molecule is CN(C[C@H]1COc2ccccc2O1)S(=O)(=O)N1CCCCCC1. The van der Waals surface area contributed by atoms with Gasteiger partial charge in [0.25, 0.3) is 10.2 Å². The van der Waals surface area contributed by atoms with Gasteiger partial charge in [0.15, 0.2) is 11.5 Å². The maximum atomic E-state index is 12.7. The van der Waals surface area contributed by atoms with Gasteiger partial charge in [0.2, 0.25) is 0 Å². The fraction of sp³-hybridized carbons (Fsp3) is 0.625. The second kappa shape index (κ2) is 7.07. The third-order valence-corrected chi connectivity index (χ3v) is 6.27. The molecule has 0 amide bonds. The molecule has 1 aromatic rings. The lowest BCUT2D eigenvalue weighted by Crippen LogP contribution is -2.47. The van der Waals surface area contributed by atoms with Crippen molar-refractivity contribution in [1.82, 2.24) is 8.61 Å². The average molecular weight is 340 g/mol. The summed E-state index contributed by atoms with van der Waals surface area (Å²) in [5.74, 6) is 1.38. The van der Waals surface area contributed by atoms with Crippen molar-refractivity contribution in [3.63, 3.8) is 0 Å². The molecule has 0 aromatic heterocycles. The first-order valence-corrected chi connectivity index (χ1v) is 9.57. The van der Waals surface area contributed by atoms with Crippen molar-refractivity contribution < 1.29 is 17.9 Å². The van der Waals surface area contributed by atoms with Gasteiger partial charge in [-0.25, -0.2) is 0 Å². The standard InChI is InChI=1S/C16H24N2O4S/c1-17(23(19,20)18-10-6-2-3-7-11-18)12-14-13-21-15-8-4-5-9-16(15)22-14/h4-5,8-9,14H,2-3,6-7,10-13H2,1H3/t14-/m0/s1. The van der Waals surface area contributed by atoms with Gasteiger partial charge >= 0.3 is 0 Å². The first kappa shape index (κ1) is 16.5. The van der Waals surface area contributed by atoms with Crippen LogP contribution in [0.1, 0.15) is 25.7 Å². The monoisotopic (exact) mass is 340 g/mol. The summed E-state index contributed by atoms with van der Waals surface area (Å²) in [5.41, 5.74) is 0. The number of benzene rings is 1. The molecule has 1 saturated heterocycles. The summed E-state index contributed by atoms with van der Waals surface area (Å²) in [7, 11) is -1.82. The van der Waals surface area contributed by atoms with E-state index >= 15 is 0 Å². The highest BCUT2D eigenvalue weighted by molar-refractivity contribution is 7.86. The van der Waals surface area contributed by atoms with Crippen LogP contribution in [0.5, 0.6) is 11.5 Å². The Bertz CT molecular complexity index is 627. The predicted octanol–water partition coefficient (Wildman–Crippen LogP) is 1.88. The van der Waals surface area contributed by atoms with Crippen LogP contribution in [0.3, 0.4) is 0 Å². The van der Waals surface area contributed by atoms with E-state index in [1.807, 2.05) is 24.3 Å². The molecule has 3 rings (SSSR count). The van der Waals surface area contributed by atoms with E-state index < -0.39 is 10.2 Å². The van der Waals surface area contributed by atoms with E-state index in [1.165, 1.54) is 4.31 Å². The Balaban J connectivity index is 1.63. The molecule has 0 aliphatic carbocycles. The summed E-state index contributed by atoms with van der Waals surface area (Å²) in [6.45, 7) is 1.86. The van der Waals surface area contributed by atoms with E-state index in [1.54, 1.807) is 11.4 Å². The van der Waals surface area contributed by atoms with Crippen LogP contribution < -0.4 is 9.47 Å². The zero-order valence-corrected chi connectivity index (χ0v) is 14.3. The smallest absolute Gasteiger partial charge is 0.281 e. The molecule has 0 radical (unpaired) electrons. The first-order chi connectivity index (χ1) is 11.1. The fourth-order valence-corrected chi connectivity index (χ4v) is 4.47. The highest BCUT2D eigenvalue weighted by atomic mass is 32.2. The highest BCUT2D eigenvalue weighted by Gasteiger charge is 2.31. The molecule has 7 heteroatoms. The maximum absolute atomic E-state index is 12.7. The average Bonchev–Trinajstić information content (AvgIpc) is 2.84. The van der Waals surface area contributed by atoms with Gasteiger partial charge in [-0.1, -0.05) is 25.0 Å². The molecule has 128 valence electrons. The largest absolute Gasteiger partial charge is 0.486 e. The lowest BCUT2D eigenvalue weighted by Gasteiger charge is -2.31. The second-order valence-electron chi connectivity index (χ2n) is 6.10. The number of para-hydroxylation sites is 2. The van der Waals surface area contributed by atoms with E-state index in [9.17, 15) is 8.42 Å². The Kier molecular flexibility index (Phi) is 5.08. The van der Waals surface area contributed by atoms with Gasteiger partial charge in [0, 0.05) is 20.1 Å². The van der Waals surface area contributed by atoms with Gasteiger partial charge in [0.05, 0.1) is 6.54 Å². The van der Waals surface area contributed by atoms with Crippen LogP contribution in [0.2, 0.25) is 0 Å². The Morgan fingerprint density at radius 3 is 2.48 bits per heavy atom. The van der Waals surface area contributed by atoms with Crippen LogP contribution in [0.4, 0.5) is 0 Å². The Morgan fingerprint density at radius 2 is 1.78 bits per heavy atom. The third-order valence-electron chi connectivity index (χ3n) is 4.31. The molecular weight excluding hydrogens is 316 g/mol. The van der Waals surface area contributed by atoms with E-state index in [0.29, 0.717) is 31.2 Å². The van der Waals surface area contributed by atoms with Crippen molar-refractivity contribution in [1.29, 1.82) is 0 Å². The fourth-order valence-electron chi connectivity index (χ4n) is 3.00. The Labute approximate surface area is 138 Å². The topological polar surface area (TPSA) is 59.1 Å². The van der Waals surface area contributed by atoms with E-state index in [-0.39, 0.29) is 12.6 Å². The number of fused-ring (bicyclic) bond motifs is 1. The lowest BCUT2D eigenvalue weighted by molar-refractivity contribution is 0.0788. The number of ether oxygens (including phenoxy) is 2. The van der Waals surface area contributed by atoms with Crippen molar-refractivity contribution in [3.05, 3.63) is 24.3 Å². The Hall–Kier alpha value is -1.31. The van der Waals surface area contributed by atoms with Crippen LogP contribution in [0.25, 0.3) is 0 Å². The molecule has 2 heterocycles. The quantitative estimate of drug-likeness (QED) is 0.840. The van der Waals surface area contributed by atoms with Crippen molar-refractivity contribution in [2.45, 2.75) is 31.8 Å². The molecule has 0 spiro atoms. The molecule has 1 fully saturated rings. The third kappa shape index (κ3) is 3.79. The van der Waals surface area contributed by atoms with Gasteiger partial charge in [-0.3, -0.25) is 0 Å². The van der Waals surface area contributed by atoms with Crippen molar-refractivity contribution in [2.24, 2.45) is 0 Å². The minimum Gasteiger partial charge on any atom is -0.486 e. The number of rotatable bonds is 4. The number of likely N-dealkylation sites (N-methyl/N-ethyl adjacent to an activating group) is 1. The molecular formula is C16H24N2O4S. The van der Waals surface area contributed by atoms with Crippen LogP contribution in [-0.2, 0) is 10.2 Å². The number of nitrogens with zero attached hydrogens (tertiary/aromatic N) is 2. The van der Waals surface area contributed by atoms with Crippen LogP contribution in [0, 0.1) is 0 Å². The zero-order chi connectivity index (χ0) is 16.3. The maximum Gasteiger partial charge on any atom is 0.281 e. The van der Waals surface area contributed by atoms with Crippen molar-refractivity contribution in [3.8, 4) is 11.5 Å². The van der Waals surface area contributed by atoms with Gasteiger partial charge in [-0.2, -0.15) is 17.0 Å². The molecule has 0 N–H and O–H groups in total. The molecule has 0 saturated carbocycles. The first-order valence-electron chi connectivity index (χ1n) is 8.17. The van der Waals surface area contributed by atoms with Gasteiger partial charge < -0.3 is 9.47 Å².